The van der Waals surface area contributed by atoms with Gasteiger partial charge in [0.2, 0.25) is 0 Å². The smallest absolute Gasteiger partial charge is 0.188 e. The van der Waals surface area contributed by atoms with Gasteiger partial charge in [-0.05, 0) is 32.9 Å². The van der Waals surface area contributed by atoms with Crippen LogP contribution in [0.1, 0.15) is 35.7 Å². The Morgan fingerprint density at radius 1 is 1.29 bits per heavy atom. The highest BCUT2D eigenvalue weighted by atomic mass is 32.1. The largest absolute Gasteiger partial charge is 0.369 e. The third-order valence-electron chi connectivity index (χ3n) is 4.87. The summed E-state index contributed by atoms with van der Waals surface area (Å²) in [6, 6.07) is 6.01. The number of aromatic nitrogens is 4. The molecule has 28 heavy (non-hydrogen) atoms. The summed E-state index contributed by atoms with van der Waals surface area (Å²) in [5.41, 5.74) is 4.35. The van der Waals surface area contributed by atoms with E-state index in [0.717, 1.165) is 54.2 Å². The van der Waals surface area contributed by atoms with Crippen LogP contribution in [0.15, 0.2) is 29.8 Å². The van der Waals surface area contributed by atoms with Crippen molar-refractivity contribution in [2.45, 2.75) is 40.0 Å². The lowest BCUT2D eigenvalue weighted by Gasteiger charge is -2.32. The molecule has 0 bridgehead atoms. The molecule has 148 valence electrons. The lowest BCUT2D eigenvalue weighted by atomic mass is 10.1. The van der Waals surface area contributed by atoms with E-state index in [9.17, 15) is 0 Å². The molecule has 4 rings (SSSR count). The summed E-state index contributed by atoms with van der Waals surface area (Å²) >= 11 is 1.58. The number of rotatable bonds is 6. The molecule has 1 atom stereocenters. The highest BCUT2D eigenvalue weighted by Crippen LogP contribution is 2.25. The minimum atomic E-state index is -0.0324. The van der Waals surface area contributed by atoms with E-state index in [2.05, 4.69) is 40.3 Å². The average Bonchev–Trinajstić information content (AvgIpc) is 3.27. The van der Waals surface area contributed by atoms with Crippen molar-refractivity contribution in [3.8, 4) is 0 Å². The van der Waals surface area contributed by atoms with Crippen molar-refractivity contribution in [3.05, 3.63) is 52.4 Å². The molecule has 1 aliphatic rings. The maximum absolute atomic E-state index is 6.03. The number of aryl methyl sites for hydroxylation is 3. The third-order valence-corrected chi connectivity index (χ3v) is 5.75. The van der Waals surface area contributed by atoms with Crippen LogP contribution in [0.2, 0.25) is 0 Å². The average molecular weight is 399 g/mol. The lowest BCUT2D eigenvalue weighted by molar-refractivity contribution is -0.0349. The fraction of sp³-hybridized carbons (Fsp3) is 0.450. The number of anilines is 2. The van der Waals surface area contributed by atoms with Crippen LogP contribution in [0.5, 0.6) is 0 Å². The number of hydrogen-bond donors (Lipinski definition) is 1. The Kier molecular flexibility index (Phi) is 5.70. The molecule has 0 radical (unpaired) electrons. The van der Waals surface area contributed by atoms with Crippen molar-refractivity contribution >= 4 is 22.3 Å². The van der Waals surface area contributed by atoms with E-state index in [4.69, 9.17) is 9.72 Å². The monoisotopic (exact) mass is 398 g/mol. The molecule has 7 nitrogen and oxygen atoms in total. The molecule has 0 unspecified atom stereocenters. The Morgan fingerprint density at radius 2 is 2.18 bits per heavy atom. The summed E-state index contributed by atoms with van der Waals surface area (Å²) < 4.78 is 8.03. The molecule has 0 spiro atoms. The van der Waals surface area contributed by atoms with Crippen molar-refractivity contribution in [2.75, 3.05) is 25.0 Å². The second kappa shape index (κ2) is 8.38. The van der Waals surface area contributed by atoms with Gasteiger partial charge < -0.3 is 10.1 Å². The van der Waals surface area contributed by atoms with Crippen LogP contribution in [0, 0.1) is 13.8 Å². The molecule has 3 aromatic heterocycles. The molecule has 4 heterocycles. The fourth-order valence-corrected chi connectivity index (χ4v) is 4.06. The van der Waals surface area contributed by atoms with Crippen LogP contribution in [0.25, 0.3) is 0 Å². The van der Waals surface area contributed by atoms with Crippen LogP contribution in [-0.4, -0.2) is 44.3 Å². The van der Waals surface area contributed by atoms with E-state index < -0.39 is 0 Å². The van der Waals surface area contributed by atoms with Gasteiger partial charge in [0, 0.05) is 43.3 Å². The standard InChI is InChI=1S/C20H26N6OS/c1-4-26-11-16(15(3)24-26)10-25-8-9-27-18(12-25)17-6-5-7-19(22-17)23-20-21-14(2)13-28-20/h5-7,11,13,18H,4,8-10,12H2,1-3H3,(H,21,22,23)/t18-/m1/s1. The summed E-state index contributed by atoms with van der Waals surface area (Å²) in [5.74, 6) is 0.799. The van der Waals surface area contributed by atoms with Crippen LogP contribution < -0.4 is 5.32 Å². The van der Waals surface area contributed by atoms with E-state index in [1.54, 1.807) is 11.3 Å². The van der Waals surface area contributed by atoms with Gasteiger partial charge in [-0.2, -0.15) is 5.10 Å². The normalized spacial score (nSPS) is 17.8. The maximum Gasteiger partial charge on any atom is 0.188 e. The molecule has 1 aliphatic heterocycles. The van der Waals surface area contributed by atoms with Crippen LogP contribution >= 0.6 is 11.3 Å². The quantitative estimate of drug-likeness (QED) is 0.683. The SMILES string of the molecule is CCn1cc(CN2CCO[C@@H](c3cccc(Nc4nc(C)cs4)n3)C2)c(C)n1. The van der Waals surface area contributed by atoms with Gasteiger partial charge in [0.15, 0.2) is 5.13 Å². The van der Waals surface area contributed by atoms with E-state index in [1.165, 1.54) is 5.56 Å². The van der Waals surface area contributed by atoms with E-state index >= 15 is 0 Å². The first-order valence-corrected chi connectivity index (χ1v) is 10.5. The summed E-state index contributed by atoms with van der Waals surface area (Å²) in [6.45, 7) is 10.4. The molecule has 8 heteroatoms. The Hall–Kier alpha value is -2.29. The first kappa shape index (κ1) is 19.0. The zero-order valence-corrected chi connectivity index (χ0v) is 17.4. The first-order chi connectivity index (χ1) is 13.6. The highest BCUT2D eigenvalue weighted by molar-refractivity contribution is 7.13. The number of ether oxygens (including phenoxy) is 1. The molecule has 0 saturated carbocycles. The second-order valence-electron chi connectivity index (χ2n) is 7.06. The Balaban J connectivity index is 1.44. The number of nitrogens with zero attached hydrogens (tertiary/aromatic N) is 5. The van der Waals surface area contributed by atoms with Gasteiger partial charge in [-0.15, -0.1) is 11.3 Å². The first-order valence-electron chi connectivity index (χ1n) is 9.63. The zero-order valence-electron chi connectivity index (χ0n) is 16.6. The molecule has 1 fully saturated rings. The Morgan fingerprint density at radius 3 is 2.93 bits per heavy atom. The Labute approximate surface area is 169 Å². The van der Waals surface area contributed by atoms with Gasteiger partial charge in [0.05, 0.1) is 23.7 Å². The van der Waals surface area contributed by atoms with Gasteiger partial charge in [-0.25, -0.2) is 9.97 Å². The van der Waals surface area contributed by atoms with Crippen LogP contribution in [0.3, 0.4) is 0 Å². The summed E-state index contributed by atoms with van der Waals surface area (Å²) in [7, 11) is 0. The summed E-state index contributed by atoms with van der Waals surface area (Å²) in [6.07, 6.45) is 2.12. The fourth-order valence-electron chi connectivity index (χ4n) is 3.36. The molecule has 0 amide bonds. The predicted octanol–water partition coefficient (Wildman–Crippen LogP) is 3.69. The highest BCUT2D eigenvalue weighted by Gasteiger charge is 2.24. The number of pyridine rings is 1. The van der Waals surface area contributed by atoms with E-state index in [0.29, 0.717) is 6.61 Å². The van der Waals surface area contributed by atoms with E-state index in [-0.39, 0.29) is 6.10 Å². The summed E-state index contributed by atoms with van der Waals surface area (Å²) in [4.78, 5) is 11.6. The molecule has 1 N–H and O–H groups in total. The predicted molar refractivity (Wildman–Crippen MR) is 111 cm³/mol. The topological polar surface area (TPSA) is 68.1 Å². The van der Waals surface area contributed by atoms with Gasteiger partial charge in [0.1, 0.15) is 11.9 Å². The molecule has 3 aromatic rings. The van der Waals surface area contributed by atoms with Crippen molar-refractivity contribution in [3.63, 3.8) is 0 Å². The number of thiazole rings is 1. The minimum absolute atomic E-state index is 0.0324. The second-order valence-corrected chi connectivity index (χ2v) is 7.91. The van der Waals surface area contributed by atoms with E-state index in [1.807, 2.05) is 35.2 Å². The van der Waals surface area contributed by atoms with Gasteiger partial charge in [-0.3, -0.25) is 9.58 Å². The van der Waals surface area contributed by atoms with Crippen molar-refractivity contribution in [2.24, 2.45) is 0 Å². The third kappa shape index (κ3) is 4.40. The molecule has 0 aromatic carbocycles. The van der Waals surface area contributed by atoms with Crippen LogP contribution in [-0.2, 0) is 17.8 Å². The van der Waals surface area contributed by atoms with Crippen LogP contribution in [0.4, 0.5) is 10.9 Å². The van der Waals surface area contributed by atoms with Gasteiger partial charge >= 0.3 is 0 Å². The molecule has 1 saturated heterocycles. The van der Waals surface area contributed by atoms with Crippen molar-refractivity contribution < 1.29 is 4.74 Å². The zero-order chi connectivity index (χ0) is 19.5. The van der Waals surface area contributed by atoms with Crippen molar-refractivity contribution in [1.29, 1.82) is 0 Å². The minimum Gasteiger partial charge on any atom is -0.369 e. The summed E-state index contributed by atoms with van der Waals surface area (Å²) in [5, 5.41) is 10.7. The maximum atomic E-state index is 6.03. The molecular formula is C20H26N6OS. The number of hydrogen-bond acceptors (Lipinski definition) is 7. The van der Waals surface area contributed by atoms with Gasteiger partial charge in [-0.1, -0.05) is 6.07 Å². The molecule has 0 aliphatic carbocycles. The van der Waals surface area contributed by atoms with Gasteiger partial charge in [0.25, 0.3) is 0 Å². The number of morpholine rings is 1. The Bertz CT molecular complexity index is 936. The molecular weight excluding hydrogens is 372 g/mol. The number of nitrogens with one attached hydrogen (secondary N) is 1. The van der Waals surface area contributed by atoms with Crippen molar-refractivity contribution in [1.82, 2.24) is 24.6 Å². The lowest BCUT2D eigenvalue weighted by Crippen LogP contribution is -2.38.